The van der Waals surface area contributed by atoms with E-state index >= 15 is 0 Å². The average Bonchev–Trinajstić information content (AvgIpc) is 2.47. The van der Waals surface area contributed by atoms with E-state index in [0.717, 1.165) is 10.0 Å². The molecule has 1 aromatic heterocycles. The van der Waals surface area contributed by atoms with Crippen LogP contribution in [0.1, 0.15) is 0 Å². The van der Waals surface area contributed by atoms with Crippen molar-refractivity contribution in [3.8, 4) is 11.3 Å². The molecule has 0 bridgehead atoms. The van der Waals surface area contributed by atoms with Gasteiger partial charge in [-0.05, 0) is 23.7 Å². The van der Waals surface area contributed by atoms with Crippen LogP contribution in [0.25, 0.3) is 11.3 Å². The largest absolute Gasteiger partial charge is 0.411 e. The van der Waals surface area contributed by atoms with Crippen molar-refractivity contribution in [1.29, 1.82) is 0 Å². The minimum atomic E-state index is 0.0768. The SMILES string of the molecule is Nc1nc(-c2ccc(Br)cc2)c(Cl)o1. The Bertz CT molecular complexity index is 452. The maximum atomic E-state index is 5.80. The van der Waals surface area contributed by atoms with Crippen LogP contribution >= 0.6 is 27.5 Å². The standard InChI is InChI=1S/C9H6BrClN2O/c10-6-3-1-5(2-4-6)7-8(11)14-9(12)13-7/h1-4H,(H2,12,13). The first-order valence-electron chi connectivity index (χ1n) is 3.84. The summed E-state index contributed by atoms with van der Waals surface area (Å²) in [7, 11) is 0. The Morgan fingerprint density at radius 2 is 1.93 bits per heavy atom. The van der Waals surface area contributed by atoms with Gasteiger partial charge in [-0.15, -0.1) is 0 Å². The number of rotatable bonds is 1. The van der Waals surface area contributed by atoms with Gasteiger partial charge >= 0.3 is 0 Å². The molecule has 2 N–H and O–H groups in total. The average molecular weight is 274 g/mol. The number of hydrogen-bond acceptors (Lipinski definition) is 3. The fourth-order valence-corrected chi connectivity index (χ4v) is 1.60. The lowest BCUT2D eigenvalue weighted by Gasteiger charge is -1.95. The van der Waals surface area contributed by atoms with Crippen molar-refractivity contribution in [2.45, 2.75) is 0 Å². The highest BCUT2D eigenvalue weighted by Crippen LogP contribution is 2.29. The van der Waals surface area contributed by atoms with Crippen molar-refractivity contribution in [2.24, 2.45) is 0 Å². The zero-order chi connectivity index (χ0) is 10.1. The molecule has 0 atom stereocenters. The molecule has 2 aromatic rings. The number of anilines is 1. The van der Waals surface area contributed by atoms with Crippen molar-refractivity contribution in [2.75, 3.05) is 5.73 Å². The van der Waals surface area contributed by atoms with Gasteiger partial charge in [0.1, 0.15) is 5.69 Å². The lowest BCUT2D eigenvalue weighted by molar-refractivity contribution is 0.583. The van der Waals surface area contributed by atoms with Crippen LogP contribution in [-0.2, 0) is 0 Å². The van der Waals surface area contributed by atoms with Gasteiger partial charge in [0.2, 0.25) is 5.22 Å². The summed E-state index contributed by atoms with van der Waals surface area (Å²) in [5.41, 5.74) is 6.82. The van der Waals surface area contributed by atoms with Crippen LogP contribution in [0.15, 0.2) is 33.2 Å². The highest BCUT2D eigenvalue weighted by atomic mass is 79.9. The van der Waals surface area contributed by atoms with E-state index in [1.807, 2.05) is 24.3 Å². The second-order valence-corrected chi connectivity index (χ2v) is 3.94. The highest BCUT2D eigenvalue weighted by molar-refractivity contribution is 9.10. The number of nitrogens with two attached hydrogens (primary N) is 1. The lowest BCUT2D eigenvalue weighted by atomic mass is 10.2. The normalized spacial score (nSPS) is 10.4. The Morgan fingerprint density at radius 1 is 1.29 bits per heavy atom. The summed E-state index contributed by atoms with van der Waals surface area (Å²) in [5.74, 6) is 0. The molecule has 1 aromatic carbocycles. The maximum absolute atomic E-state index is 5.80. The quantitative estimate of drug-likeness (QED) is 0.867. The van der Waals surface area contributed by atoms with Gasteiger partial charge in [-0.25, -0.2) is 0 Å². The highest BCUT2D eigenvalue weighted by Gasteiger charge is 2.10. The molecule has 0 unspecified atom stereocenters. The van der Waals surface area contributed by atoms with E-state index in [1.165, 1.54) is 0 Å². The molecule has 3 nitrogen and oxygen atoms in total. The van der Waals surface area contributed by atoms with Crippen LogP contribution in [0.2, 0.25) is 5.22 Å². The predicted molar refractivity (Wildman–Crippen MR) is 59.1 cm³/mol. The first kappa shape index (κ1) is 9.55. The molecule has 14 heavy (non-hydrogen) atoms. The molecule has 5 heteroatoms. The minimum Gasteiger partial charge on any atom is -0.411 e. The first-order chi connectivity index (χ1) is 6.66. The molecule has 2 rings (SSSR count). The van der Waals surface area contributed by atoms with E-state index in [0.29, 0.717) is 5.69 Å². The summed E-state index contributed by atoms with van der Waals surface area (Å²) >= 11 is 9.14. The number of aromatic nitrogens is 1. The van der Waals surface area contributed by atoms with Crippen molar-refractivity contribution in [3.63, 3.8) is 0 Å². The van der Waals surface area contributed by atoms with Crippen LogP contribution in [0, 0.1) is 0 Å². The first-order valence-corrected chi connectivity index (χ1v) is 5.01. The Labute approximate surface area is 94.0 Å². The Hall–Kier alpha value is -1.00. The molecule has 0 amide bonds. The van der Waals surface area contributed by atoms with Crippen molar-refractivity contribution >= 4 is 33.5 Å². The van der Waals surface area contributed by atoms with Crippen LogP contribution in [-0.4, -0.2) is 4.98 Å². The fraction of sp³-hybridized carbons (Fsp3) is 0. The third kappa shape index (κ3) is 1.76. The molecule has 0 spiro atoms. The lowest BCUT2D eigenvalue weighted by Crippen LogP contribution is -1.83. The number of hydrogen-bond donors (Lipinski definition) is 1. The molecule has 0 saturated carbocycles. The number of oxazole rings is 1. The van der Waals surface area contributed by atoms with Crippen molar-refractivity contribution in [3.05, 3.63) is 34.0 Å². The van der Waals surface area contributed by atoms with E-state index in [1.54, 1.807) is 0 Å². The summed E-state index contributed by atoms with van der Waals surface area (Å²) in [5, 5.41) is 0.213. The summed E-state index contributed by atoms with van der Waals surface area (Å²) in [6, 6.07) is 7.64. The molecular weight excluding hydrogens is 267 g/mol. The zero-order valence-corrected chi connectivity index (χ0v) is 9.34. The number of halogens is 2. The second kappa shape index (κ2) is 3.63. The second-order valence-electron chi connectivity index (χ2n) is 2.68. The smallest absolute Gasteiger partial charge is 0.293 e. The van der Waals surface area contributed by atoms with Gasteiger partial charge in [0.15, 0.2) is 0 Å². The van der Waals surface area contributed by atoms with Gasteiger partial charge in [0, 0.05) is 10.0 Å². The molecule has 0 fully saturated rings. The molecule has 1 heterocycles. The molecular formula is C9H6BrClN2O. The predicted octanol–water partition coefficient (Wildman–Crippen LogP) is 3.34. The van der Waals surface area contributed by atoms with Gasteiger partial charge in [-0.1, -0.05) is 28.1 Å². The third-order valence-electron chi connectivity index (χ3n) is 1.72. The summed E-state index contributed by atoms with van der Waals surface area (Å²) < 4.78 is 5.91. The van der Waals surface area contributed by atoms with Crippen LogP contribution in [0.3, 0.4) is 0 Å². The maximum Gasteiger partial charge on any atom is 0.293 e. The van der Waals surface area contributed by atoms with Gasteiger partial charge < -0.3 is 10.2 Å². The number of benzene rings is 1. The van der Waals surface area contributed by atoms with Gasteiger partial charge in [0.05, 0.1) is 0 Å². The minimum absolute atomic E-state index is 0.0768. The molecule has 72 valence electrons. The van der Waals surface area contributed by atoms with Gasteiger partial charge in [0.25, 0.3) is 6.01 Å². The van der Waals surface area contributed by atoms with E-state index in [4.69, 9.17) is 21.8 Å². The van der Waals surface area contributed by atoms with Crippen molar-refractivity contribution in [1.82, 2.24) is 4.98 Å². The van der Waals surface area contributed by atoms with E-state index in [-0.39, 0.29) is 11.2 Å². The molecule has 0 aliphatic rings. The third-order valence-corrected chi connectivity index (χ3v) is 2.50. The monoisotopic (exact) mass is 272 g/mol. The van der Waals surface area contributed by atoms with E-state index < -0.39 is 0 Å². The molecule has 0 aliphatic carbocycles. The number of nitrogen functional groups attached to an aromatic ring is 1. The number of nitrogens with zero attached hydrogens (tertiary/aromatic N) is 1. The van der Waals surface area contributed by atoms with Crippen LogP contribution < -0.4 is 5.73 Å². The van der Waals surface area contributed by atoms with Gasteiger partial charge in [-0.3, -0.25) is 0 Å². The molecule has 0 aliphatic heterocycles. The Morgan fingerprint density at radius 3 is 2.43 bits per heavy atom. The summed E-state index contributed by atoms with van der Waals surface area (Å²) in [6.07, 6.45) is 0. The Kier molecular flexibility index (Phi) is 2.48. The van der Waals surface area contributed by atoms with E-state index in [2.05, 4.69) is 20.9 Å². The van der Waals surface area contributed by atoms with Crippen LogP contribution in [0.4, 0.5) is 6.01 Å². The zero-order valence-electron chi connectivity index (χ0n) is 7.00. The van der Waals surface area contributed by atoms with Crippen molar-refractivity contribution < 1.29 is 4.42 Å². The molecule has 0 radical (unpaired) electrons. The van der Waals surface area contributed by atoms with Gasteiger partial charge in [-0.2, -0.15) is 4.98 Å². The Balaban J connectivity index is 2.49. The van der Waals surface area contributed by atoms with Crippen LogP contribution in [0.5, 0.6) is 0 Å². The summed E-state index contributed by atoms with van der Waals surface area (Å²) in [4.78, 5) is 3.97. The van der Waals surface area contributed by atoms with E-state index in [9.17, 15) is 0 Å². The molecule has 0 saturated heterocycles. The summed E-state index contributed by atoms with van der Waals surface area (Å²) in [6.45, 7) is 0. The fourth-order valence-electron chi connectivity index (χ4n) is 1.10. The topological polar surface area (TPSA) is 52.0 Å².